The van der Waals surface area contributed by atoms with E-state index in [9.17, 15) is 9.90 Å². The van der Waals surface area contributed by atoms with Crippen molar-refractivity contribution >= 4 is 23.2 Å². The SMILES string of the molecule is CC(C)c1c(O)nc(Cc2ccc(Cl)cc2Cl)[nH]c1=O. The van der Waals surface area contributed by atoms with Gasteiger partial charge in [-0.25, -0.2) is 0 Å². The summed E-state index contributed by atoms with van der Waals surface area (Å²) in [6.07, 6.45) is 0.317. The number of aromatic hydroxyl groups is 1. The van der Waals surface area contributed by atoms with Crippen LogP contribution in [0.4, 0.5) is 0 Å². The minimum absolute atomic E-state index is 0.0978. The zero-order chi connectivity index (χ0) is 14.9. The van der Waals surface area contributed by atoms with Crippen molar-refractivity contribution in [1.82, 2.24) is 9.97 Å². The molecule has 20 heavy (non-hydrogen) atoms. The molecule has 2 rings (SSSR count). The number of rotatable bonds is 3. The Kier molecular flexibility index (Phi) is 4.35. The number of hydrogen-bond donors (Lipinski definition) is 2. The molecule has 0 amide bonds. The topological polar surface area (TPSA) is 66.0 Å². The Bertz CT molecular complexity index is 696. The molecule has 6 heteroatoms. The normalized spacial score (nSPS) is 11.1. The number of aromatic amines is 1. The van der Waals surface area contributed by atoms with Crippen LogP contribution in [0.25, 0.3) is 0 Å². The average Bonchev–Trinajstić information content (AvgIpc) is 2.31. The van der Waals surface area contributed by atoms with Gasteiger partial charge in [-0.1, -0.05) is 43.1 Å². The van der Waals surface area contributed by atoms with E-state index in [1.165, 1.54) is 0 Å². The zero-order valence-electron chi connectivity index (χ0n) is 11.1. The molecule has 1 aromatic heterocycles. The van der Waals surface area contributed by atoms with Crippen LogP contribution in [0.3, 0.4) is 0 Å². The maximum absolute atomic E-state index is 11.9. The molecule has 0 radical (unpaired) electrons. The maximum atomic E-state index is 11.9. The van der Waals surface area contributed by atoms with Gasteiger partial charge in [-0.05, 0) is 23.6 Å². The van der Waals surface area contributed by atoms with Crippen LogP contribution in [0.5, 0.6) is 5.88 Å². The van der Waals surface area contributed by atoms with Crippen LogP contribution in [-0.4, -0.2) is 15.1 Å². The summed E-state index contributed by atoms with van der Waals surface area (Å²) >= 11 is 11.9. The molecule has 0 spiro atoms. The molecule has 0 fully saturated rings. The van der Waals surface area contributed by atoms with E-state index in [2.05, 4.69) is 9.97 Å². The van der Waals surface area contributed by atoms with Crippen LogP contribution in [0.2, 0.25) is 10.0 Å². The summed E-state index contributed by atoms with van der Waals surface area (Å²) < 4.78 is 0. The highest BCUT2D eigenvalue weighted by atomic mass is 35.5. The van der Waals surface area contributed by atoms with Gasteiger partial charge in [-0.3, -0.25) is 4.79 Å². The first-order valence-corrected chi connectivity index (χ1v) is 6.90. The van der Waals surface area contributed by atoms with Gasteiger partial charge in [0, 0.05) is 16.5 Å². The lowest BCUT2D eigenvalue weighted by atomic mass is 10.1. The van der Waals surface area contributed by atoms with E-state index in [1.54, 1.807) is 18.2 Å². The lowest BCUT2D eigenvalue weighted by Crippen LogP contribution is -2.18. The second kappa shape index (κ2) is 5.85. The van der Waals surface area contributed by atoms with Crippen molar-refractivity contribution in [2.75, 3.05) is 0 Å². The van der Waals surface area contributed by atoms with Crippen molar-refractivity contribution < 1.29 is 5.11 Å². The van der Waals surface area contributed by atoms with Crippen LogP contribution in [-0.2, 0) is 6.42 Å². The largest absolute Gasteiger partial charge is 0.493 e. The number of halogens is 2. The molecule has 0 saturated heterocycles. The minimum atomic E-state index is -0.326. The predicted molar refractivity (Wildman–Crippen MR) is 79.9 cm³/mol. The Morgan fingerprint density at radius 1 is 1.35 bits per heavy atom. The van der Waals surface area contributed by atoms with E-state index in [0.29, 0.717) is 22.3 Å². The Morgan fingerprint density at radius 3 is 2.60 bits per heavy atom. The van der Waals surface area contributed by atoms with Crippen LogP contribution in [0.15, 0.2) is 23.0 Å². The first-order chi connectivity index (χ1) is 9.38. The molecule has 0 aliphatic rings. The molecule has 0 saturated carbocycles. The predicted octanol–water partition coefficient (Wildman–Crippen LogP) is 3.50. The number of H-pyrrole nitrogens is 1. The quantitative estimate of drug-likeness (QED) is 0.911. The van der Waals surface area contributed by atoms with E-state index < -0.39 is 0 Å². The Labute approximate surface area is 126 Å². The third-order valence-electron chi connectivity index (χ3n) is 2.93. The monoisotopic (exact) mass is 312 g/mol. The van der Waals surface area contributed by atoms with Crippen LogP contribution in [0, 0.1) is 0 Å². The van der Waals surface area contributed by atoms with Gasteiger partial charge in [0.2, 0.25) is 5.88 Å². The zero-order valence-corrected chi connectivity index (χ0v) is 12.6. The van der Waals surface area contributed by atoms with E-state index in [4.69, 9.17) is 23.2 Å². The summed E-state index contributed by atoms with van der Waals surface area (Å²) in [5.74, 6) is 0.0318. The molecule has 106 valence electrons. The lowest BCUT2D eigenvalue weighted by Gasteiger charge is -2.09. The molecule has 0 unspecified atom stereocenters. The Morgan fingerprint density at radius 2 is 2.05 bits per heavy atom. The molecule has 0 aliphatic carbocycles. The van der Waals surface area contributed by atoms with Crippen molar-refractivity contribution in [3.05, 3.63) is 55.5 Å². The fraction of sp³-hybridized carbons (Fsp3) is 0.286. The van der Waals surface area contributed by atoms with Crippen molar-refractivity contribution in [2.24, 2.45) is 0 Å². The van der Waals surface area contributed by atoms with Gasteiger partial charge in [0.15, 0.2) is 0 Å². The van der Waals surface area contributed by atoms with E-state index in [0.717, 1.165) is 5.56 Å². The summed E-state index contributed by atoms with van der Waals surface area (Å²) in [5, 5.41) is 10.9. The number of benzene rings is 1. The van der Waals surface area contributed by atoms with Gasteiger partial charge < -0.3 is 10.1 Å². The summed E-state index contributed by atoms with van der Waals surface area (Å²) in [4.78, 5) is 18.6. The smallest absolute Gasteiger partial charge is 0.258 e. The van der Waals surface area contributed by atoms with Crippen LogP contribution in [0.1, 0.15) is 36.7 Å². The van der Waals surface area contributed by atoms with Crippen molar-refractivity contribution in [3.63, 3.8) is 0 Å². The van der Waals surface area contributed by atoms with E-state index in [-0.39, 0.29) is 22.9 Å². The lowest BCUT2D eigenvalue weighted by molar-refractivity contribution is 0.436. The third kappa shape index (κ3) is 3.14. The summed E-state index contributed by atoms with van der Waals surface area (Å²) in [6, 6.07) is 5.10. The number of nitrogens with zero attached hydrogens (tertiary/aromatic N) is 1. The standard InChI is InChI=1S/C14H14Cl2N2O2/c1-7(2)12-13(19)17-11(18-14(12)20)5-8-3-4-9(15)6-10(8)16/h3-4,6-7H,5H2,1-2H3,(H2,17,18,19,20). The molecule has 0 aliphatic heterocycles. The first kappa shape index (κ1) is 14.9. The van der Waals surface area contributed by atoms with Crippen molar-refractivity contribution in [2.45, 2.75) is 26.2 Å². The van der Waals surface area contributed by atoms with Gasteiger partial charge >= 0.3 is 0 Å². The van der Waals surface area contributed by atoms with E-state index in [1.807, 2.05) is 13.8 Å². The van der Waals surface area contributed by atoms with Gasteiger partial charge in [0.1, 0.15) is 5.82 Å². The molecular weight excluding hydrogens is 299 g/mol. The third-order valence-corrected chi connectivity index (χ3v) is 3.52. The van der Waals surface area contributed by atoms with Crippen molar-refractivity contribution in [3.8, 4) is 5.88 Å². The summed E-state index contributed by atoms with van der Waals surface area (Å²) in [7, 11) is 0. The minimum Gasteiger partial charge on any atom is -0.493 e. The van der Waals surface area contributed by atoms with Crippen LogP contribution < -0.4 is 5.56 Å². The van der Waals surface area contributed by atoms with Gasteiger partial charge in [0.05, 0.1) is 5.56 Å². The van der Waals surface area contributed by atoms with E-state index >= 15 is 0 Å². The second-order valence-electron chi connectivity index (χ2n) is 4.82. The van der Waals surface area contributed by atoms with Crippen LogP contribution >= 0.6 is 23.2 Å². The number of aromatic nitrogens is 2. The molecule has 4 nitrogen and oxygen atoms in total. The number of hydrogen-bond acceptors (Lipinski definition) is 3. The van der Waals surface area contributed by atoms with Gasteiger partial charge in [-0.2, -0.15) is 4.98 Å². The molecule has 2 aromatic rings. The van der Waals surface area contributed by atoms with Gasteiger partial charge in [0.25, 0.3) is 5.56 Å². The Balaban J connectivity index is 2.38. The fourth-order valence-electron chi connectivity index (χ4n) is 1.97. The van der Waals surface area contributed by atoms with Gasteiger partial charge in [-0.15, -0.1) is 0 Å². The molecule has 2 N–H and O–H groups in total. The molecule has 0 bridgehead atoms. The highest BCUT2D eigenvalue weighted by molar-refractivity contribution is 6.35. The maximum Gasteiger partial charge on any atom is 0.258 e. The highest BCUT2D eigenvalue weighted by Gasteiger charge is 2.14. The Hall–Kier alpha value is -1.52. The second-order valence-corrected chi connectivity index (χ2v) is 5.66. The molecular formula is C14H14Cl2N2O2. The molecule has 1 heterocycles. The highest BCUT2D eigenvalue weighted by Crippen LogP contribution is 2.24. The molecule has 1 aromatic carbocycles. The summed E-state index contributed by atoms with van der Waals surface area (Å²) in [6.45, 7) is 3.64. The number of nitrogens with one attached hydrogen (secondary N) is 1. The van der Waals surface area contributed by atoms with Crippen molar-refractivity contribution in [1.29, 1.82) is 0 Å². The average molecular weight is 313 g/mol. The first-order valence-electron chi connectivity index (χ1n) is 6.14. The summed E-state index contributed by atoms with van der Waals surface area (Å²) in [5.41, 5.74) is 0.736. The fourth-order valence-corrected chi connectivity index (χ4v) is 2.44. The molecule has 0 atom stereocenters.